The molecule has 0 amide bonds. The van der Waals surface area contributed by atoms with Gasteiger partial charge in [0.25, 0.3) is 0 Å². The summed E-state index contributed by atoms with van der Waals surface area (Å²) in [5, 5.41) is 11.7. The molecule has 0 aliphatic carbocycles. The van der Waals surface area contributed by atoms with Crippen molar-refractivity contribution in [2.45, 2.75) is 19.1 Å². The van der Waals surface area contributed by atoms with Gasteiger partial charge >= 0.3 is 0 Å². The molecule has 4 rings (SSSR count). The molecule has 0 fully saturated rings. The van der Waals surface area contributed by atoms with Gasteiger partial charge in [-0.1, -0.05) is 24.3 Å². The van der Waals surface area contributed by atoms with Crippen molar-refractivity contribution in [3.05, 3.63) is 59.9 Å². The number of benzene rings is 2. The number of aliphatic hydroxyl groups excluding tert-OH is 1. The van der Waals surface area contributed by atoms with Crippen LogP contribution < -0.4 is 9.47 Å². The van der Waals surface area contributed by atoms with Gasteiger partial charge in [0.1, 0.15) is 11.3 Å². The van der Waals surface area contributed by atoms with E-state index >= 15 is 0 Å². The normalized spacial score (nSPS) is 15.7. The highest BCUT2D eigenvalue weighted by Crippen LogP contribution is 2.35. The summed E-state index contributed by atoms with van der Waals surface area (Å²) in [6.07, 6.45) is -0.619. The van der Waals surface area contributed by atoms with Crippen molar-refractivity contribution in [1.82, 2.24) is 4.90 Å². The highest BCUT2D eigenvalue weighted by molar-refractivity contribution is 5.77. The number of aliphatic hydroxyl groups is 1. The average molecular weight is 339 g/mol. The minimum atomic E-state index is -0.619. The highest BCUT2D eigenvalue weighted by Gasteiger charge is 2.21. The first kappa shape index (κ1) is 16.0. The predicted octanol–water partition coefficient (Wildman–Crippen LogP) is 3.89. The fraction of sp³-hybridized carbons (Fsp3) is 0.300. The van der Waals surface area contributed by atoms with E-state index in [9.17, 15) is 5.11 Å². The van der Waals surface area contributed by atoms with Crippen molar-refractivity contribution >= 4 is 11.0 Å². The zero-order valence-corrected chi connectivity index (χ0v) is 14.3. The molecule has 1 aliphatic rings. The molecule has 0 spiro atoms. The molecule has 130 valence electrons. The number of furan rings is 1. The Morgan fingerprint density at radius 3 is 2.72 bits per heavy atom. The zero-order chi connectivity index (χ0) is 17.4. The molecule has 2 atom stereocenters. The molecule has 5 nitrogen and oxygen atoms in total. The molecule has 1 aliphatic heterocycles. The number of ether oxygens (including phenoxy) is 2. The van der Waals surface area contributed by atoms with Crippen LogP contribution in [0.4, 0.5) is 0 Å². The molecule has 1 N–H and O–H groups in total. The van der Waals surface area contributed by atoms with Crippen molar-refractivity contribution in [3.63, 3.8) is 0 Å². The van der Waals surface area contributed by atoms with Gasteiger partial charge in [-0.05, 0) is 43.8 Å². The van der Waals surface area contributed by atoms with Crippen LogP contribution >= 0.6 is 0 Å². The highest BCUT2D eigenvalue weighted by atomic mass is 16.7. The largest absolute Gasteiger partial charge is 0.459 e. The van der Waals surface area contributed by atoms with Crippen LogP contribution in [-0.2, 0) is 0 Å². The standard InChI is InChI=1S/C20H21NO4/c1-13(19-10-15-5-3-4-6-17(15)25-19)21(2)11-16(22)14-7-8-18-20(9-14)24-12-23-18/h3-10,13,16,22H,11-12H2,1-2H3/t13-,16+/m1/s1. The van der Waals surface area contributed by atoms with Gasteiger partial charge in [0.15, 0.2) is 11.5 Å². The van der Waals surface area contributed by atoms with E-state index in [0.717, 1.165) is 28.0 Å². The van der Waals surface area contributed by atoms with Crippen LogP contribution in [0.5, 0.6) is 11.5 Å². The summed E-state index contributed by atoms with van der Waals surface area (Å²) < 4.78 is 16.6. The topological polar surface area (TPSA) is 55.1 Å². The van der Waals surface area contributed by atoms with E-state index in [1.165, 1.54) is 0 Å². The molecule has 1 aromatic heterocycles. The second-order valence-electron chi connectivity index (χ2n) is 6.43. The predicted molar refractivity (Wildman–Crippen MR) is 94.8 cm³/mol. The number of hydrogen-bond acceptors (Lipinski definition) is 5. The number of likely N-dealkylation sites (N-methyl/N-ethyl adjacent to an activating group) is 1. The quantitative estimate of drug-likeness (QED) is 0.764. The lowest BCUT2D eigenvalue weighted by Gasteiger charge is -2.25. The van der Waals surface area contributed by atoms with E-state index in [1.54, 1.807) is 0 Å². The average Bonchev–Trinajstić information content (AvgIpc) is 3.26. The van der Waals surface area contributed by atoms with Gasteiger partial charge in [-0.15, -0.1) is 0 Å². The fourth-order valence-electron chi connectivity index (χ4n) is 3.08. The summed E-state index contributed by atoms with van der Waals surface area (Å²) in [7, 11) is 1.98. The number of nitrogens with zero attached hydrogens (tertiary/aromatic N) is 1. The molecule has 0 radical (unpaired) electrons. The summed E-state index contributed by atoms with van der Waals surface area (Å²) in [5.41, 5.74) is 1.70. The minimum Gasteiger partial charge on any atom is -0.459 e. The Labute approximate surface area is 146 Å². The van der Waals surface area contributed by atoms with Gasteiger partial charge in [-0.25, -0.2) is 0 Å². The van der Waals surface area contributed by atoms with Crippen molar-refractivity contribution in [1.29, 1.82) is 0 Å². The number of hydrogen-bond donors (Lipinski definition) is 1. The molecule has 2 heterocycles. The Morgan fingerprint density at radius 2 is 1.88 bits per heavy atom. The monoisotopic (exact) mass is 339 g/mol. The third-order valence-electron chi connectivity index (χ3n) is 4.76. The van der Waals surface area contributed by atoms with E-state index in [0.29, 0.717) is 12.3 Å². The molecule has 0 saturated carbocycles. The number of para-hydroxylation sites is 1. The molecule has 0 bridgehead atoms. The van der Waals surface area contributed by atoms with E-state index < -0.39 is 6.10 Å². The van der Waals surface area contributed by atoms with Crippen LogP contribution in [0.25, 0.3) is 11.0 Å². The van der Waals surface area contributed by atoms with E-state index in [4.69, 9.17) is 13.9 Å². The van der Waals surface area contributed by atoms with Gasteiger partial charge in [0.05, 0.1) is 12.1 Å². The molecular weight excluding hydrogens is 318 g/mol. The molecule has 2 aromatic carbocycles. The van der Waals surface area contributed by atoms with Gasteiger partial charge in [-0.2, -0.15) is 0 Å². The number of fused-ring (bicyclic) bond motifs is 2. The first-order valence-corrected chi connectivity index (χ1v) is 8.38. The summed E-state index contributed by atoms with van der Waals surface area (Å²) in [5.74, 6) is 2.30. The smallest absolute Gasteiger partial charge is 0.231 e. The van der Waals surface area contributed by atoms with Crippen LogP contribution in [-0.4, -0.2) is 30.4 Å². The summed E-state index contributed by atoms with van der Waals surface area (Å²) in [4.78, 5) is 2.08. The van der Waals surface area contributed by atoms with Gasteiger partial charge < -0.3 is 19.0 Å². The fourth-order valence-corrected chi connectivity index (χ4v) is 3.08. The molecule has 25 heavy (non-hydrogen) atoms. The van der Waals surface area contributed by atoms with E-state index in [1.807, 2.05) is 49.5 Å². The SMILES string of the molecule is C[C@H](c1cc2ccccc2o1)N(C)C[C@H](O)c1ccc2c(c1)OCO2. The Kier molecular flexibility index (Phi) is 4.11. The van der Waals surface area contributed by atoms with Crippen molar-refractivity contribution in [2.24, 2.45) is 0 Å². The number of rotatable bonds is 5. The van der Waals surface area contributed by atoms with Crippen LogP contribution in [0.2, 0.25) is 0 Å². The molecule has 5 heteroatoms. The van der Waals surface area contributed by atoms with Crippen molar-refractivity contribution in [3.8, 4) is 11.5 Å². The van der Waals surface area contributed by atoms with Gasteiger partial charge in [-0.3, -0.25) is 4.90 Å². The van der Waals surface area contributed by atoms with Crippen LogP contribution in [0.3, 0.4) is 0 Å². The third-order valence-corrected chi connectivity index (χ3v) is 4.76. The second-order valence-corrected chi connectivity index (χ2v) is 6.43. The van der Waals surface area contributed by atoms with Gasteiger partial charge in [0, 0.05) is 11.9 Å². The Morgan fingerprint density at radius 1 is 1.08 bits per heavy atom. The summed E-state index contributed by atoms with van der Waals surface area (Å²) in [6.45, 7) is 2.79. The molecule has 0 unspecified atom stereocenters. The summed E-state index contributed by atoms with van der Waals surface area (Å²) >= 11 is 0. The van der Waals surface area contributed by atoms with Crippen LogP contribution in [0.15, 0.2) is 52.9 Å². The van der Waals surface area contributed by atoms with Crippen molar-refractivity contribution < 1.29 is 19.0 Å². The third kappa shape index (κ3) is 3.08. The lowest BCUT2D eigenvalue weighted by atomic mass is 10.1. The Balaban J connectivity index is 1.47. The Hall–Kier alpha value is -2.50. The lowest BCUT2D eigenvalue weighted by Crippen LogP contribution is -2.27. The maximum Gasteiger partial charge on any atom is 0.231 e. The van der Waals surface area contributed by atoms with Crippen LogP contribution in [0.1, 0.15) is 30.4 Å². The minimum absolute atomic E-state index is 0.0519. The first-order chi connectivity index (χ1) is 12.1. The maximum atomic E-state index is 10.6. The molecule has 0 saturated heterocycles. The van der Waals surface area contributed by atoms with E-state index in [2.05, 4.69) is 17.9 Å². The second kappa shape index (κ2) is 6.43. The first-order valence-electron chi connectivity index (χ1n) is 8.38. The van der Waals surface area contributed by atoms with Crippen LogP contribution in [0, 0.1) is 0 Å². The molecule has 3 aromatic rings. The summed E-state index contributed by atoms with van der Waals surface area (Å²) in [6, 6.07) is 15.6. The van der Waals surface area contributed by atoms with Gasteiger partial charge in [0.2, 0.25) is 6.79 Å². The van der Waals surface area contributed by atoms with Crippen molar-refractivity contribution in [2.75, 3.05) is 20.4 Å². The lowest BCUT2D eigenvalue weighted by molar-refractivity contribution is 0.103. The molecular formula is C20H21NO4. The Bertz CT molecular complexity index is 855. The zero-order valence-electron chi connectivity index (χ0n) is 14.3. The maximum absolute atomic E-state index is 10.6. The van der Waals surface area contributed by atoms with E-state index in [-0.39, 0.29) is 12.8 Å².